The molecule has 1 aromatic heterocycles. The van der Waals surface area contributed by atoms with Gasteiger partial charge < -0.3 is 10.2 Å². The second-order valence-corrected chi connectivity index (χ2v) is 7.48. The molecule has 1 aliphatic rings. The van der Waals surface area contributed by atoms with Gasteiger partial charge in [-0.2, -0.15) is 0 Å². The van der Waals surface area contributed by atoms with Crippen LogP contribution >= 0.6 is 23.1 Å². The van der Waals surface area contributed by atoms with Crippen LogP contribution in [0.1, 0.15) is 34.7 Å². The number of carbonyl (C=O) groups is 1. The van der Waals surface area contributed by atoms with Crippen LogP contribution in [-0.4, -0.2) is 37.0 Å². The highest BCUT2D eigenvalue weighted by atomic mass is 32.2. The van der Waals surface area contributed by atoms with E-state index in [1.54, 1.807) is 23.1 Å². The molecule has 0 saturated heterocycles. The Kier molecular flexibility index (Phi) is 5.90. The highest BCUT2D eigenvalue weighted by Gasteiger charge is 2.20. The molecule has 0 bridgehead atoms. The van der Waals surface area contributed by atoms with E-state index >= 15 is 0 Å². The Hall–Kier alpha value is -0.780. The molecule has 2 heterocycles. The fourth-order valence-corrected chi connectivity index (χ4v) is 4.77. The Morgan fingerprint density at radius 2 is 2.05 bits per heavy atom. The molecule has 0 atom stereocenters. The second-order valence-electron chi connectivity index (χ2n) is 5.21. The minimum absolute atomic E-state index is 0.0708. The van der Waals surface area contributed by atoms with Gasteiger partial charge in [-0.25, -0.2) is 0 Å². The molecule has 2 rings (SSSR count). The van der Waals surface area contributed by atoms with Crippen LogP contribution in [0.3, 0.4) is 0 Å². The van der Waals surface area contributed by atoms with E-state index < -0.39 is 0 Å². The van der Waals surface area contributed by atoms with E-state index in [9.17, 15) is 4.79 Å². The smallest absolute Gasteiger partial charge is 0.257 e. The number of likely N-dealkylation sites (N-methyl/N-ethyl adjacent to an activating group) is 1. The predicted molar refractivity (Wildman–Crippen MR) is 93.9 cm³/mol. The highest BCUT2D eigenvalue weighted by Crippen LogP contribution is 2.39. The van der Waals surface area contributed by atoms with Crippen molar-refractivity contribution >= 4 is 35.1 Å². The molecule has 0 fully saturated rings. The molecule has 0 radical (unpaired) electrons. The Morgan fingerprint density at radius 1 is 1.33 bits per heavy atom. The quantitative estimate of drug-likeness (QED) is 0.870. The SMILES string of the molecule is CCN(CC)CCNC(=O)C1=Cc2sc(C)c(C)c2CS1. The molecule has 3 nitrogen and oxygen atoms in total. The molecule has 116 valence electrons. The first-order valence-electron chi connectivity index (χ1n) is 7.50. The zero-order valence-corrected chi connectivity index (χ0v) is 14.9. The first-order valence-corrected chi connectivity index (χ1v) is 9.30. The molecule has 1 amide bonds. The summed E-state index contributed by atoms with van der Waals surface area (Å²) in [4.78, 5) is 18.0. The van der Waals surface area contributed by atoms with E-state index in [1.165, 1.54) is 20.9 Å². The van der Waals surface area contributed by atoms with E-state index in [-0.39, 0.29) is 5.91 Å². The van der Waals surface area contributed by atoms with Gasteiger partial charge in [-0.3, -0.25) is 4.79 Å². The van der Waals surface area contributed by atoms with Gasteiger partial charge in [-0.15, -0.1) is 23.1 Å². The molecule has 21 heavy (non-hydrogen) atoms. The minimum atomic E-state index is 0.0708. The molecule has 0 spiro atoms. The average molecular weight is 325 g/mol. The van der Waals surface area contributed by atoms with E-state index in [4.69, 9.17) is 0 Å². The maximum atomic E-state index is 12.2. The van der Waals surface area contributed by atoms with E-state index in [0.29, 0.717) is 6.54 Å². The van der Waals surface area contributed by atoms with Crippen LogP contribution in [0.15, 0.2) is 4.91 Å². The Morgan fingerprint density at radius 3 is 2.71 bits per heavy atom. The summed E-state index contributed by atoms with van der Waals surface area (Å²) in [5, 5.41) is 3.04. The second kappa shape index (κ2) is 7.47. The van der Waals surface area contributed by atoms with Crippen molar-refractivity contribution in [3.63, 3.8) is 0 Å². The molecule has 0 saturated carbocycles. The van der Waals surface area contributed by atoms with Gasteiger partial charge in [-0.1, -0.05) is 13.8 Å². The maximum Gasteiger partial charge on any atom is 0.257 e. The summed E-state index contributed by atoms with van der Waals surface area (Å²) in [7, 11) is 0. The lowest BCUT2D eigenvalue weighted by atomic mass is 10.1. The van der Waals surface area contributed by atoms with Gasteiger partial charge in [0.05, 0.1) is 4.91 Å². The number of hydrogen-bond donors (Lipinski definition) is 1. The molecular weight excluding hydrogens is 300 g/mol. The van der Waals surface area contributed by atoms with Gasteiger partial charge in [0.1, 0.15) is 0 Å². The summed E-state index contributed by atoms with van der Waals surface area (Å²) >= 11 is 3.45. The van der Waals surface area contributed by atoms with Crippen molar-refractivity contribution in [3.8, 4) is 0 Å². The van der Waals surface area contributed by atoms with Crippen molar-refractivity contribution in [1.82, 2.24) is 10.2 Å². The molecule has 1 N–H and O–H groups in total. The van der Waals surface area contributed by atoms with Crippen molar-refractivity contribution in [2.24, 2.45) is 0 Å². The van der Waals surface area contributed by atoms with Gasteiger partial charge in [0, 0.05) is 28.6 Å². The van der Waals surface area contributed by atoms with Crippen molar-refractivity contribution in [2.75, 3.05) is 26.2 Å². The fraction of sp³-hybridized carbons (Fsp3) is 0.562. The zero-order valence-electron chi connectivity index (χ0n) is 13.3. The van der Waals surface area contributed by atoms with Crippen molar-refractivity contribution < 1.29 is 4.79 Å². The van der Waals surface area contributed by atoms with Crippen molar-refractivity contribution in [2.45, 2.75) is 33.4 Å². The van der Waals surface area contributed by atoms with Crippen molar-refractivity contribution in [3.05, 3.63) is 25.8 Å². The van der Waals surface area contributed by atoms with Crippen LogP contribution in [0.5, 0.6) is 0 Å². The summed E-state index contributed by atoms with van der Waals surface area (Å²) in [6.07, 6.45) is 2.06. The van der Waals surface area contributed by atoms with E-state index in [1.807, 2.05) is 0 Å². The zero-order chi connectivity index (χ0) is 15.4. The normalized spacial score (nSPS) is 14.0. The summed E-state index contributed by atoms with van der Waals surface area (Å²) in [5.41, 5.74) is 2.79. The van der Waals surface area contributed by atoms with Crippen LogP contribution in [-0.2, 0) is 10.5 Å². The van der Waals surface area contributed by atoms with E-state index in [0.717, 1.165) is 30.3 Å². The van der Waals surface area contributed by atoms with Crippen LogP contribution in [0.25, 0.3) is 6.08 Å². The molecule has 0 aromatic carbocycles. The van der Waals surface area contributed by atoms with Crippen LogP contribution in [0.2, 0.25) is 0 Å². The fourth-order valence-electron chi connectivity index (χ4n) is 2.39. The summed E-state index contributed by atoms with van der Waals surface area (Å²) < 4.78 is 0. The number of nitrogens with one attached hydrogen (secondary N) is 1. The number of amides is 1. The van der Waals surface area contributed by atoms with Gasteiger partial charge in [0.25, 0.3) is 5.91 Å². The maximum absolute atomic E-state index is 12.2. The number of thioether (sulfide) groups is 1. The van der Waals surface area contributed by atoms with Gasteiger partial charge >= 0.3 is 0 Å². The monoisotopic (exact) mass is 324 g/mol. The summed E-state index contributed by atoms with van der Waals surface area (Å²) in [6, 6.07) is 0. The van der Waals surface area contributed by atoms with Crippen LogP contribution < -0.4 is 5.32 Å². The van der Waals surface area contributed by atoms with Gasteiger partial charge in [-0.05, 0) is 44.1 Å². The third-order valence-electron chi connectivity index (χ3n) is 4.01. The highest BCUT2D eigenvalue weighted by molar-refractivity contribution is 8.03. The van der Waals surface area contributed by atoms with Crippen molar-refractivity contribution in [1.29, 1.82) is 0 Å². The number of fused-ring (bicyclic) bond motifs is 1. The number of carbonyl (C=O) groups excluding carboxylic acids is 1. The predicted octanol–water partition coefficient (Wildman–Crippen LogP) is 3.41. The standard InChI is InChI=1S/C16H24N2OS2/c1-5-18(6-2)8-7-17-16(19)15-9-14-13(10-20-15)11(3)12(4)21-14/h9H,5-8,10H2,1-4H3,(H,17,19). The lowest BCUT2D eigenvalue weighted by Crippen LogP contribution is -2.35. The van der Waals surface area contributed by atoms with Crippen LogP contribution in [0, 0.1) is 13.8 Å². The molecule has 0 unspecified atom stereocenters. The molecule has 0 aliphatic carbocycles. The largest absolute Gasteiger partial charge is 0.350 e. The summed E-state index contributed by atoms with van der Waals surface area (Å²) in [6.45, 7) is 12.3. The van der Waals surface area contributed by atoms with Crippen LogP contribution in [0.4, 0.5) is 0 Å². The number of rotatable bonds is 6. The third-order valence-corrected chi connectivity index (χ3v) is 6.25. The Balaban J connectivity index is 1.95. The number of hydrogen-bond acceptors (Lipinski definition) is 4. The molecule has 5 heteroatoms. The first kappa shape index (κ1) is 16.6. The number of nitrogens with zero attached hydrogens (tertiary/aromatic N) is 1. The Bertz CT molecular complexity index is 545. The average Bonchev–Trinajstić information content (AvgIpc) is 2.78. The topological polar surface area (TPSA) is 32.3 Å². The van der Waals surface area contributed by atoms with E-state index in [2.05, 4.69) is 44.0 Å². The van der Waals surface area contributed by atoms with Gasteiger partial charge in [0.15, 0.2) is 0 Å². The molecule has 1 aliphatic heterocycles. The first-order chi connectivity index (χ1) is 10.1. The lowest BCUT2D eigenvalue weighted by molar-refractivity contribution is -0.116. The molecule has 1 aromatic rings. The molecular formula is C16H24N2OS2. The van der Waals surface area contributed by atoms with Gasteiger partial charge in [0.2, 0.25) is 0 Å². The third kappa shape index (κ3) is 3.90. The Labute approximate surface area is 135 Å². The minimum Gasteiger partial charge on any atom is -0.350 e. The number of aryl methyl sites for hydroxylation is 1. The summed E-state index contributed by atoms with van der Waals surface area (Å²) in [5.74, 6) is 0.988. The number of thiophene rings is 1. The lowest BCUT2D eigenvalue weighted by Gasteiger charge is -2.19.